The summed E-state index contributed by atoms with van der Waals surface area (Å²) in [5.41, 5.74) is 3.06. The van der Waals surface area contributed by atoms with Crippen LogP contribution in [0.2, 0.25) is 0 Å². The first-order valence-corrected chi connectivity index (χ1v) is 5.46. The molecule has 0 aliphatic rings. The third kappa shape index (κ3) is 1.58. The lowest BCUT2D eigenvalue weighted by Crippen LogP contribution is -1.96. The summed E-state index contributed by atoms with van der Waals surface area (Å²) in [4.78, 5) is 8.82. The predicted molar refractivity (Wildman–Crippen MR) is 66.5 cm³/mol. The summed E-state index contributed by atoms with van der Waals surface area (Å²) in [5, 5.41) is 5.22. The van der Waals surface area contributed by atoms with E-state index >= 15 is 0 Å². The average molecular weight is 224 g/mol. The molecule has 0 unspecified atom stereocenters. The monoisotopic (exact) mass is 224 g/mol. The van der Waals surface area contributed by atoms with Crippen LogP contribution in [-0.2, 0) is 7.05 Å². The van der Waals surface area contributed by atoms with E-state index in [0.717, 1.165) is 28.0 Å². The van der Waals surface area contributed by atoms with Crippen LogP contribution in [0.4, 0.5) is 0 Å². The molecule has 0 amide bonds. The van der Waals surface area contributed by atoms with Gasteiger partial charge in [-0.25, -0.2) is 9.67 Å². The maximum absolute atomic E-state index is 4.52. The van der Waals surface area contributed by atoms with Crippen molar-refractivity contribution in [2.75, 3.05) is 0 Å². The minimum atomic E-state index is 0.867. The third-order valence-corrected chi connectivity index (χ3v) is 2.80. The summed E-state index contributed by atoms with van der Waals surface area (Å²) in [5.74, 6) is 0.867. The van der Waals surface area contributed by atoms with Crippen LogP contribution < -0.4 is 0 Å². The molecule has 84 valence electrons. The molecule has 0 aliphatic heterocycles. The lowest BCUT2D eigenvalue weighted by atomic mass is 10.1. The molecule has 0 bridgehead atoms. The van der Waals surface area contributed by atoms with Gasteiger partial charge < -0.3 is 0 Å². The Morgan fingerprint density at radius 2 is 2.00 bits per heavy atom. The number of hydrogen-bond acceptors (Lipinski definition) is 3. The molecule has 0 fully saturated rings. The Bertz CT molecular complexity index is 685. The van der Waals surface area contributed by atoms with E-state index in [1.165, 1.54) is 0 Å². The topological polar surface area (TPSA) is 43.6 Å². The molecule has 0 spiro atoms. The van der Waals surface area contributed by atoms with Crippen molar-refractivity contribution in [3.63, 3.8) is 0 Å². The smallest absolute Gasteiger partial charge is 0.158 e. The highest BCUT2D eigenvalue weighted by Crippen LogP contribution is 2.26. The van der Waals surface area contributed by atoms with Crippen molar-refractivity contribution in [2.45, 2.75) is 6.92 Å². The summed E-state index contributed by atoms with van der Waals surface area (Å²) in [6, 6.07) is 10.1. The number of para-hydroxylation sites is 1. The highest BCUT2D eigenvalue weighted by atomic mass is 15.3. The van der Waals surface area contributed by atoms with E-state index in [4.69, 9.17) is 0 Å². The van der Waals surface area contributed by atoms with Gasteiger partial charge in [-0.15, -0.1) is 0 Å². The molecule has 0 aliphatic carbocycles. The maximum atomic E-state index is 4.52. The van der Waals surface area contributed by atoms with Crippen LogP contribution in [-0.4, -0.2) is 19.7 Å². The highest BCUT2D eigenvalue weighted by molar-refractivity contribution is 5.92. The Hall–Kier alpha value is -2.23. The maximum Gasteiger partial charge on any atom is 0.158 e. The van der Waals surface area contributed by atoms with Crippen LogP contribution >= 0.6 is 0 Å². The Balaban J connectivity index is 2.39. The van der Waals surface area contributed by atoms with Gasteiger partial charge >= 0.3 is 0 Å². The second-order valence-corrected chi connectivity index (χ2v) is 4.04. The van der Waals surface area contributed by atoms with Gasteiger partial charge in [0.1, 0.15) is 6.33 Å². The fraction of sp³-hybridized carbons (Fsp3) is 0.154. The van der Waals surface area contributed by atoms with Gasteiger partial charge in [0, 0.05) is 23.7 Å². The lowest BCUT2D eigenvalue weighted by molar-refractivity contribution is 0.775. The summed E-state index contributed by atoms with van der Waals surface area (Å²) in [6.45, 7) is 1.99. The third-order valence-electron chi connectivity index (χ3n) is 2.80. The van der Waals surface area contributed by atoms with E-state index in [9.17, 15) is 0 Å². The molecule has 0 radical (unpaired) electrons. The van der Waals surface area contributed by atoms with Crippen LogP contribution in [0.15, 0.2) is 36.7 Å². The summed E-state index contributed by atoms with van der Waals surface area (Å²) >= 11 is 0. The fourth-order valence-electron chi connectivity index (χ4n) is 2.03. The zero-order valence-corrected chi connectivity index (χ0v) is 9.75. The number of nitrogens with zero attached hydrogens (tertiary/aromatic N) is 4. The van der Waals surface area contributed by atoms with Crippen LogP contribution in [0.3, 0.4) is 0 Å². The molecular weight excluding hydrogens is 212 g/mol. The molecule has 3 aromatic rings. The molecule has 17 heavy (non-hydrogen) atoms. The van der Waals surface area contributed by atoms with Crippen LogP contribution in [0.5, 0.6) is 0 Å². The number of aromatic nitrogens is 4. The molecule has 1 aromatic carbocycles. The Labute approximate surface area is 98.9 Å². The number of aryl methyl sites for hydroxylation is 2. The van der Waals surface area contributed by atoms with Crippen molar-refractivity contribution in [1.29, 1.82) is 0 Å². The van der Waals surface area contributed by atoms with Gasteiger partial charge in [-0.1, -0.05) is 18.2 Å². The molecular formula is C13H12N4. The van der Waals surface area contributed by atoms with E-state index in [1.54, 1.807) is 11.0 Å². The Morgan fingerprint density at radius 1 is 1.18 bits per heavy atom. The minimum Gasteiger partial charge on any atom is -0.253 e. The van der Waals surface area contributed by atoms with E-state index in [2.05, 4.69) is 21.1 Å². The second-order valence-electron chi connectivity index (χ2n) is 4.04. The average Bonchev–Trinajstić information content (AvgIpc) is 2.74. The largest absolute Gasteiger partial charge is 0.253 e. The number of rotatable bonds is 1. The van der Waals surface area contributed by atoms with Gasteiger partial charge in [0.2, 0.25) is 0 Å². The first-order valence-electron chi connectivity index (χ1n) is 5.46. The van der Waals surface area contributed by atoms with Gasteiger partial charge in [0.05, 0.1) is 5.52 Å². The van der Waals surface area contributed by atoms with Crippen LogP contribution in [0, 0.1) is 6.92 Å². The lowest BCUT2D eigenvalue weighted by Gasteiger charge is -2.06. The van der Waals surface area contributed by atoms with E-state index in [-0.39, 0.29) is 0 Å². The molecule has 3 rings (SSSR count). The van der Waals surface area contributed by atoms with Gasteiger partial charge in [-0.05, 0) is 19.1 Å². The number of fused-ring (bicyclic) bond motifs is 1. The fourth-order valence-corrected chi connectivity index (χ4v) is 2.03. The number of pyridine rings is 1. The summed E-state index contributed by atoms with van der Waals surface area (Å²) < 4.78 is 1.78. The van der Waals surface area contributed by atoms with Crippen molar-refractivity contribution in [3.8, 4) is 11.4 Å². The summed E-state index contributed by atoms with van der Waals surface area (Å²) in [6.07, 6.45) is 1.57. The number of hydrogen-bond donors (Lipinski definition) is 0. The predicted octanol–water partition coefficient (Wildman–Crippen LogP) is 2.34. The first-order chi connectivity index (χ1) is 8.25. The molecule has 0 saturated carbocycles. The van der Waals surface area contributed by atoms with E-state index < -0.39 is 0 Å². The van der Waals surface area contributed by atoms with Crippen LogP contribution in [0.25, 0.3) is 22.3 Å². The Morgan fingerprint density at radius 3 is 2.76 bits per heavy atom. The van der Waals surface area contributed by atoms with Gasteiger partial charge in [-0.3, -0.25) is 4.98 Å². The molecule has 0 N–H and O–H groups in total. The van der Waals surface area contributed by atoms with Gasteiger partial charge in [0.15, 0.2) is 5.82 Å². The minimum absolute atomic E-state index is 0.867. The van der Waals surface area contributed by atoms with Crippen molar-refractivity contribution in [2.24, 2.45) is 7.05 Å². The Kier molecular flexibility index (Phi) is 2.14. The highest BCUT2D eigenvalue weighted by Gasteiger charge is 2.10. The van der Waals surface area contributed by atoms with Crippen molar-refractivity contribution >= 4 is 10.9 Å². The normalized spacial score (nSPS) is 10.9. The van der Waals surface area contributed by atoms with E-state index in [0.29, 0.717) is 0 Å². The standard InChI is InChI=1S/C13H12N4/c1-9-7-11(13-14-8-15-17(13)2)10-5-3-4-6-12(10)16-9/h3-8H,1-2H3. The van der Waals surface area contributed by atoms with Gasteiger partial charge in [0.25, 0.3) is 0 Å². The van der Waals surface area contributed by atoms with Crippen molar-refractivity contribution in [3.05, 3.63) is 42.4 Å². The molecule has 0 atom stereocenters. The molecule has 2 heterocycles. The SMILES string of the molecule is Cc1cc(-c2ncnn2C)c2ccccc2n1. The van der Waals surface area contributed by atoms with Gasteiger partial charge in [-0.2, -0.15) is 5.10 Å². The molecule has 4 heteroatoms. The van der Waals surface area contributed by atoms with Crippen molar-refractivity contribution < 1.29 is 0 Å². The first kappa shape index (κ1) is 9.96. The van der Waals surface area contributed by atoms with E-state index in [1.807, 2.05) is 38.2 Å². The molecule has 2 aromatic heterocycles. The zero-order valence-electron chi connectivity index (χ0n) is 9.75. The zero-order chi connectivity index (χ0) is 11.8. The second kappa shape index (κ2) is 3.66. The van der Waals surface area contributed by atoms with Crippen molar-refractivity contribution in [1.82, 2.24) is 19.7 Å². The quantitative estimate of drug-likeness (QED) is 0.637. The van der Waals surface area contributed by atoms with Crippen LogP contribution in [0.1, 0.15) is 5.69 Å². The summed E-state index contributed by atoms with van der Waals surface area (Å²) in [7, 11) is 1.90. The number of benzene rings is 1. The molecule has 4 nitrogen and oxygen atoms in total. The molecule has 0 saturated heterocycles.